The van der Waals surface area contributed by atoms with Crippen molar-refractivity contribution in [3.63, 3.8) is 0 Å². The van der Waals surface area contributed by atoms with Gasteiger partial charge in [-0.2, -0.15) is 0 Å². The third-order valence-electron chi connectivity index (χ3n) is 4.62. The Morgan fingerprint density at radius 1 is 1.29 bits per heavy atom. The molecule has 1 N–H and O–H groups in total. The maximum atomic E-state index is 14.2. The summed E-state index contributed by atoms with van der Waals surface area (Å²) < 4.78 is 14.2. The van der Waals surface area contributed by atoms with E-state index in [-0.39, 0.29) is 5.82 Å². The van der Waals surface area contributed by atoms with Gasteiger partial charge in [-0.1, -0.05) is 33.8 Å². The monoisotopic (exact) mass is 292 g/mol. The fourth-order valence-electron chi connectivity index (χ4n) is 2.99. The topological polar surface area (TPSA) is 15.3 Å². The predicted molar refractivity (Wildman–Crippen MR) is 88.1 cm³/mol. The average molecular weight is 292 g/mol. The summed E-state index contributed by atoms with van der Waals surface area (Å²) in [5.41, 5.74) is 1.89. The molecule has 0 radical (unpaired) electrons. The van der Waals surface area contributed by atoms with Gasteiger partial charge in [-0.15, -0.1) is 0 Å². The SMILES string of the molecule is CC(C)CNCc1c(F)cccc1N1CCC(C)C(C)C1. The molecule has 2 nitrogen and oxygen atoms in total. The Morgan fingerprint density at radius 3 is 2.71 bits per heavy atom. The Kier molecular flexibility index (Phi) is 5.63. The third-order valence-corrected chi connectivity index (χ3v) is 4.62. The zero-order valence-electron chi connectivity index (χ0n) is 13.8. The highest BCUT2D eigenvalue weighted by Crippen LogP contribution is 2.30. The summed E-state index contributed by atoms with van der Waals surface area (Å²) >= 11 is 0. The summed E-state index contributed by atoms with van der Waals surface area (Å²) in [6.45, 7) is 12.5. The van der Waals surface area contributed by atoms with Crippen molar-refractivity contribution in [2.75, 3.05) is 24.5 Å². The Morgan fingerprint density at radius 2 is 2.05 bits per heavy atom. The molecule has 1 aromatic rings. The van der Waals surface area contributed by atoms with Gasteiger partial charge in [-0.25, -0.2) is 4.39 Å². The van der Waals surface area contributed by atoms with Crippen molar-refractivity contribution in [3.05, 3.63) is 29.6 Å². The molecule has 0 aromatic heterocycles. The maximum Gasteiger partial charge on any atom is 0.129 e. The Hall–Kier alpha value is -1.09. The Bertz CT molecular complexity index is 459. The highest BCUT2D eigenvalue weighted by atomic mass is 19.1. The number of anilines is 1. The molecular weight excluding hydrogens is 263 g/mol. The van der Waals surface area contributed by atoms with E-state index in [0.717, 1.165) is 36.8 Å². The van der Waals surface area contributed by atoms with Crippen LogP contribution >= 0.6 is 0 Å². The minimum absolute atomic E-state index is 0.0879. The van der Waals surface area contributed by atoms with Crippen LogP contribution in [-0.2, 0) is 6.54 Å². The average Bonchev–Trinajstić information content (AvgIpc) is 2.43. The first-order chi connectivity index (χ1) is 9.99. The largest absolute Gasteiger partial charge is 0.371 e. The van der Waals surface area contributed by atoms with Crippen molar-refractivity contribution >= 4 is 5.69 Å². The van der Waals surface area contributed by atoms with Gasteiger partial charge < -0.3 is 10.2 Å². The smallest absolute Gasteiger partial charge is 0.129 e. The molecule has 2 rings (SSSR count). The number of hydrogen-bond acceptors (Lipinski definition) is 2. The van der Waals surface area contributed by atoms with Crippen LogP contribution in [0, 0.1) is 23.6 Å². The molecule has 0 saturated carbocycles. The Balaban J connectivity index is 2.13. The molecule has 0 spiro atoms. The second-order valence-corrected chi connectivity index (χ2v) is 6.95. The number of nitrogens with zero attached hydrogens (tertiary/aromatic N) is 1. The standard InChI is InChI=1S/C18H29FN2/c1-13(2)10-20-11-16-17(19)6-5-7-18(16)21-9-8-14(3)15(4)12-21/h5-7,13-15,20H,8-12H2,1-4H3. The fourth-order valence-corrected chi connectivity index (χ4v) is 2.99. The molecule has 0 amide bonds. The van der Waals surface area contributed by atoms with E-state index < -0.39 is 0 Å². The first-order valence-corrected chi connectivity index (χ1v) is 8.22. The van der Waals surface area contributed by atoms with Gasteiger partial charge in [-0.3, -0.25) is 0 Å². The van der Waals surface area contributed by atoms with Crippen LogP contribution < -0.4 is 10.2 Å². The van der Waals surface area contributed by atoms with E-state index in [4.69, 9.17) is 0 Å². The number of rotatable bonds is 5. The third kappa shape index (κ3) is 4.19. The van der Waals surface area contributed by atoms with E-state index in [0.29, 0.717) is 18.4 Å². The van der Waals surface area contributed by atoms with Crippen molar-refractivity contribution in [2.24, 2.45) is 17.8 Å². The molecule has 118 valence electrons. The van der Waals surface area contributed by atoms with Gasteiger partial charge in [0, 0.05) is 30.9 Å². The van der Waals surface area contributed by atoms with E-state index in [9.17, 15) is 4.39 Å². The quantitative estimate of drug-likeness (QED) is 0.880. The van der Waals surface area contributed by atoms with Crippen LogP contribution in [0.1, 0.15) is 39.7 Å². The molecule has 21 heavy (non-hydrogen) atoms. The van der Waals surface area contributed by atoms with Crippen LogP contribution in [0.5, 0.6) is 0 Å². The Labute approximate surface area is 128 Å². The summed E-state index contributed by atoms with van der Waals surface area (Å²) in [6.07, 6.45) is 1.19. The van der Waals surface area contributed by atoms with Crippen LogP contribution in [0.4, 0.5) is 10.1 Å². The first kappa shape index (κ1) is 16.3. The molecular formula is C18H29FN2. The summed E-state index contributed by atoms with van der Waals surface area (Å²) in [7, 11) is 0. The van der Waals surface area contributed by atoms with Crippen molar-refractivity contribution < 1.29 is 4.39 Å². The van der Waals surface area contributed by atoms with Gasteiger partial charge in [0.05, 0.1) is 0 Å². The lowest BCUT2D eigenvalue weighted by atomic mass is 9.88. The normalized spacial score (nSPS) is 22.9. The zero-order chi connectivity index (χ0) is 15.4. The fraction of sp³-hybridized carbons (Fsp3) is 0.667. The second kappa shape index (κ2) is 7.26. The van der Waals surface area contributed by atoms with E-state index in [1.54, 1.807) is 6.07 Å². The number of halogens is 1. The molecule has 1 heterocycles. The molecule has 1 aliphatic rings. The lowest BCUT2D eigenvalue weighted by Gasteiger charge is -2.38. The van der Waals surface area contributed by atoms with Crippen molar-refractivity contribution in [2.45, 2.75) is 40.7 Å². The maximum absolute atomic E-state index is 14.2. The molecule has 1 fully saturated rings. The molecule has 2 unspecified atom stereocenters. The summed E-state index contributed by atoms with van der Waals surface area (Å²) in [5, 5.41) is 3.37. The van der Waals surface area contributed by atoms with E-state index >= 15 is 0 Å². The van der Waals surface area contributed by atoms with Gasteiger partial charge in [0.15, 0.2) is 0 Å². The molecule has 0 bridgehead atoms. The van der Waals surface area contributed by atoms with Crippen molar-refractivity contribution in [1.29, 1.82) is 0 Å². The van der Waals surface area contributed by atoms with Crippen LogP contribution in [0.3, 0.4) is 0 Å². The number of nitrogens with one attached hydrogen (secondary N) is 1. The van der Waals surface area contributed by atoms with Gasteiger partial charge in [0.1, 0.15) is 5.82 Å². The molecule has 1 aliphatic heterocycles. The van der Waals surface area contributed by atoms with Gasteiger partial charge in [0.25, 0.3) is 0 Å². The minimum Gasteiger partial charge on any atom is -0.371 e. The zero-order valence-corrected chi connectivity index (χ0v) is 13.8. The van der Waals surface area contributed by atoms with Crippen LogP contribution in [0.15, 0.2) is 18.2 Å². The summed E-state index contributed by atoms with van der Waals surface area (Å²) in [4.78, 5) is 2.36. The van der Waals surface area contributed by atoms with Gasteiger partial charge >= 0.3 is 0 Å². The lowest BCUT2D eigenvalue weighted by Crippen LogP contribution is -2.39. The van der Waals surface area contributed by atoms with Crippen LogP contribution in [-0.4, -0.2) is 19.6 Å². The summed E-state index contributed by atoms with van der Waals surface area (Å²) in [6, 6.07) is 5.48. The second-order valence-electron chi connectivity index (χ2n) is 6.95. The number of piperidine rings is 1. The molecule has 2 atom stereocenters. The van der Waals surface area contributed by atoms with Crippen molar-refractivity contribution in [3.8, 4) is 0 Å². The lowest BCUT2D eigenvalue weighted by molar-refractivity contribution is 0.323. The highest BCUT2D eigenvalue weighted by molar-refractivity contribution is 5.54. The number of hydrogen-bond donors (Lipinski definition) is 1. The van der Waals surface area contributed by atoms with Gasteiger partial charge in [-0.05, 0) is 42.9 Å². The van der Waals surface area contributed by atoms with E-state index in [1.807, 2.05) is 6.07 Å². The van der Waals surface area contributed by atoms with Crippen LogP contribution in [0.25, 0.3) is 0 Å². The predicted octanol–water partition coefficient (Wildman–Crippen LogP) is 4.05. The van der Waals surface area contributed by atoms with E-state index in [2.05, 4.69) is 44.0 Å². The molecule has 1 saturated heterocycles. The van der Waals surface area contributed by atoms with Crippen LogP contribution in [0.2, 0.25) is 0 Å². The molecule has 1 aromatic carbocycles. The van der Waals surface area contributed by atoms with E-state index in [1.165, 1.54) is 6.42 Å². The summed E-state index contributed by atoms with van der Waals surface area (Å²) in [5.74, 6) is 1.92. The molecule has 3 heteroatoms. The van der Waals surface area contributed by atoms with Gasteiger partial charge in [0.2, 0.25) is 0 Å². The van der Waals surface area contributed by atoms with Crippen molar-refractivity contribution in [1.82, 2.24) is 5.32 Å². The molecule has 0 aliphatic carbocycles. The highest BCUT2D eigenvalue weighted by Gasteiger charge is 2.24. The minimum atomic E-state index is -0.0879. The first-order valence-electron chi connectivity index (χ1n) is 8.22. The number of benzene rings is 1.